The molecule has 4 nitrogen and oxygen atoms in total. The van der Waals surface area contributed by atoms with E-state index in [1.165, 1.54) is 12.1 Å². The maximum atomic E-state index is 12.8. The predicted octanol–water partition coefficient (Wildman–Crippen LogP) is 1.16. The first kappa shape index (κ1) is 11.9. The number of anilines is 1. The zero-order chi connectivity index (χ0) is 12.3. The molecule has 1 aliphatic rings. The van der Waals surface area contributed by atoms with Crippen LogP contribution in [-0.4, -0.2) is 35.7 Å². The van der Waals surface area contributed by atoms with Gasteiger partial charge in [0.2, 0.25) is 5.91 Å². The number of halogens is 1. The number of benzene rings is 1. The van der Waals surface area contributed by atoms with Crippen molar-refractivity contribution in [2.24, 2.45) is 0 Å². The molecule has 92 valence electrons. The second-order valence-electron chi connectivity index (χ2n) is 3.94. The van der Waals surface area contributed by atoms with Crippen LogP contribution in [0.1, 0.15) is 12.8 Å². The lowest BCUT2D eigenvalue weighted by atomic mass is 10.3. The van der Waals surface area contributed by atoms with Gasteiger partial charge in [0.05, 0.1) is 5.69 Å². The second kappa shape index (κ2) is 5.14. The Kier molecular flexibility index (Phi) is 3.58. The quantitative estimate of drug-likeness (QED) is 0.856. The van der Waals surface area contributed by atoms with Crippen molar-refractivity contribution >= 4 is 11.6 Å². The zero-order valence-corrected chi connectivity index (χ0v) is 9.47. The number of hydrazine groups is 1. The fourth-order valence-electron chi connectivity index (χ4n) is 1.93. The molecule has 1 amide bonds. The number of aliphatic hydroxyl groups is 1. The Morgan fingerprint density at radius 1 is 1.29 bits per heavy atom. The van der Waals surface area contributed by atoms with E-state index in [0.29, 0.717) is 25.9 Å². The maximum Gasteiger partial charge on any atom is 0.242 e. The molecule has 5 heteroatoms. The third kappa shape index (κ3) is 2.55. The normalized spacial score (nSPS) is 15.8. The molecule has 0 spiro atoms. The van der Waals surface area contributed by atoms with Crippen LogP contribution < -0.4 is 5.01 Å². The largest absolute Gasteiger partial charge is 0.396 e. The lowest BCUT2D eigenvalue weighted by Gasteiger charge is -2.29. The minimum absolute atomic E-state index is 0.0442. The van der Waals surface area contributed by atoms with Gasteiger partial charge in [-0.2, -0.15) is 0 Å². The van der Waals surface area contributed by atoms with Gasteiger partial charge < -0.3 is 5.11 Å². The number of rotatable bonds is 4. The molecule has 1 aromatic rings. The molecule has 0 bridgehead atoms. The molecule has 1 aliphatic heterocycles. The summed E-state index contributed by atoms with van der Waals surface area (Å²) >= 11 is 0. The summed E-state index contributed by atoms with van der Waals surface area (Å²) in [5.74, 6) is -0.246. The van der Waals surface area contributed by atoms with Crippen LogP contribution in [0.3, 0.4) is 0 Å². The van der Waals surface area contributed by atoms with Gasteiger partial charge in [-0.15, -0.1) is 0 Å². The summed E-state index contributed by atoms with van der Waals surface area (Å²) in [5, 5.41) is 12.2. The van der Waals surface area contributed by atoms with Crippen molar-refractivity contribution in [2.75, 3.05) is 24.7 Å². The van der Waals surface area contributed by atoms with Crippen molar-refractivity contribution in [3.63, 3.8) is 0 Å². The number of carbonyl (C=O) groups excluding carboxylic acids is 1. The number of nitrogens with zero attached hydrogens (tertiary/aromatic N) is 2. The van der Waals surface area contributed by atoms with Crippen LogP contribution in [0.4, 0.5) is 10.1 Å². The van der Waals surface area contributed by atoms with E-state index in [9.17, 15) is 9.18 Å². The summed E-state index contributed by atoms with van der Waals surface area (Å²) in [6.07, 6.45) is 1.01. The topological polar surface area (TPSA) is 43.8 Å². The van der Waals surface area contributed by atoms with Gasteiger partial charge in [-0.3, -0.25) is 14.8 Å². The lowest BCUT2D eigenvalue weighted by molar-refractivity contribution is -0.128. The molecule has 2 rings (SSSR count). The molecule has 1 saturated heterocycles. The Labute approximate surface area is 99.2 Å². The van der Waals surface area contributed by atoms with Gasteiger partial charge in [0.1, 0.15) is 5.82 Å². The van der Waals surface area contributed by atoms with Crippen LogP contribution in [0.15, 0.2) is 24.3 Å². The summed E-state index contributed by atoms with van der Waals surface area (Å²) in [4.78, 5) is 11.7. The minimum atomic E-state index is -0.291. The molecule has 1 aromatic carbocycles. The highest BCUT2D eigenvalue weighted by Crippen LogP contribution is 2.22. The van der Waals surface area contributed by atoms with Crippen molar-refractivity contribution in [3.05, 3.63) is 30.1 Å². The van der Waals surface area contributed by atoms with Crippen molar-refractivity contribution in [2.45, 2.75) is 12.8 Å². The molecule has 0 atom stereocenters. The molecule has 1 heterocycles. The Balaban J connectivity index is 2.13. The highest BCUT2D eigenvalue weighted by molar-refractivity contribution is 5.81. The Hall–Kier alpha value is -1.62. The molecule has 0 aromatic heterocycles. The molecule has 0 unspecified atom stereocenters. The van der Waals surface area contributed by atoms with Gasteiger partial charge in [-0.05, 0) is 30.7 Å². The average molecular weight is 238 g/mol. The van der Waals surface area contributed by atoms with E-state index >= 15 is 0 Å². The number of hydrogen-bond acceptors (Lipinski definition) is 3. The summed E-state index contributed by atoms with van der Waals surface area (Å²) in [7, 11) is 0. The van der Waals surface area contributed by atoms with Crippen LogP contribution in [0.2, 0.25) is 0 Å². The molecule has 0 radical (unpaired) electrons. The van der Waals surface area contributed by atoms with Gasteiger partial charge in [-0.25, -0.2) is 4.39 Å². The van der Waals surface area contributed by atoms with Crippen LogP contribution >= 0.6 is 0 Å². The van der Waals surface area contributed by atoms with Crippen molar-refractivity contribution in [1.82, 2.24) is 5.01 Å². The zero-order valence-electron chi connectivity index (χ0n) is 9.47. The molecular formula is C12H15FN2O2. The minimum Gasteiger partial charge on any atom is -0.396 e. The number of hydrogen-bond donors (Lipinski definition) is 1. The monoisotopic (exact) mass is 238 g/mol. The van der Waals surface area contributed by atoms with Crippen molar-refractivity contribution in [1.29, 1.82) is 0 Å². The maximum absolute atomic E-state index is 12.8. The van der Waals surface area contributed by atoms with Crippen LogP contribution in [0.25, 0.3) is 0 Å². The summed E-state index contributed by atoms with van der Waals surface area (Å²) in [6.45, 7) is 1.16. The highest BCUT2D eigenvalue weighted by Gasteiger charge is 2.28. The van der Waals surface area contributed by atoms with Gasteiger partial charge in [0, 0.05) is 26.1 Å². The Morgan fingerprint density at radius 3 is 2.65 bits per heavy atom. The lowest BCUT2D eigenvalue weighted by Crippen LogP contribution is -2.40. The average Bonchev–Trinajstić information content (AvgIpc) is 2.69. The first-order chi connectivity index (χ1) is 8.22. The third-order valence-electron chi connectivity index (χ3n) is 2.77. The Morgan fingerprint density at radius 2 is 2.00 bits per heavy atom. The summed E-state index contributed by atoms with van der Waals surface area (Å²) < 4.78 is 12.8. The summed E-state index contributed by atoms with van der Waals surface area (Å²) in [5.41, 5.74) is 0.801. The van der Waals surface area contributed by atoms with E-state index in [1.54, 1.807) is 17.1 Å². The molecule has 0 aliphatic carbocycles. The highest BCUT2D eigenvalue weighted by atomic mass is 19.1. The number of aliphatic hydroxyl groups excluding tert-OH is 1. The molecule has 1 fully saturated rings. The van der Waals surface area contributed by atoms with E-state index < -0.39 is 0 Å². The molecule has 17 heavy (non-hydrogen) atoms. The van der Waals surface area contributed by atoms with Crippen LogP contribution in [-0.2, 0) is 4.79 Å². The van der Waals surface area contributed by atoms with E-state index in [4.69, 9.17) is 5.11 Å². The molecular weight excluding hydrogens is 223 g/mol. The number of amides is 1. The fourth-order valence-corrected chi connectivity index (χ4v) is 1.93. The first-order valence-electron chi connectivity index (χ1n) is 5.66. The number of carbonyl (C=O) groups is 1. The van der Waals surface area contributed by atoms with E-state index in [1.807, 2.05) is 5.01 Å². The van der Waals surface area contributed by atoms with Gasteiger partial charge in [0.15, 0.2) is 0 Å². The van der Waals surface area contributed by atoms with Crippen molar-refractivity contribution in [3.8, 4) is 0 Å². The fraction of sp³-hybridized carbons (Fsp3) is 0.417. The molecule has 1 N–H and O–H groups in total. The third-order valence-corrected chi connectivity index (χ3v) is 2.77. The smallest absolute Gasteiger partial charge is 0.242 e. The first-order valence-corrected chi connectivity index (χ1v) is 5.66. The summed E-state index contributed by atoms with van der Waals surface area (Å²) in [6, 6.07) is 6.06. The van der Waals surface area contributed by atoms with Crippen molar-refractivity contribution < 1.29 is 14.3 Å². The van der Waals surface area contributed by atoms with E-state index in [2.05, 4.69) is 0 Å². The van der Waals surface area contributed by atoms with Gasteiger partial charge in [0.25, 0.3) is 0 Å². The molecule has 0 saturated carbocycles. The van der Waals surface area contributed by atoms with Gasteiger partial charge >= 0.3 is 0 Å². The SMILES string of the molecule is O=C1CCN(c2ccc(F)cc2)N1CCCO. The van der Waals surface area contributed by atoms with Gasteiger partial charge in [-0.1, -0.05) is 0 Å². The van der Waals surface area contributed by atoms with Crippen LogP contribution in [0.5, 0.6) is 0 Å². The van der Waals surface area contributed by atoms with E-state index in [-0.39, 0.29) is 18.3 Å². The standard InChI is InChI=1S/C12H15FN2O2/c13-10-2-4-11(5-3-10)14-8-6-12(17)15(14)7-1-9-16/h2-5,16H,1,6-9H2. The predicted molar refractivity (Wildman–Crippen MR) is 61.8 cm³/mol. The van der Waals surface area contributed by atoms with E-state index in [0.717, 1.165) is 5.69 Å². The Bertz CT molecular complexity index is 394. The van der Waals surface area contributed by atoms with Crippen LogP contribution in [0, 0.1) is 5.82 Å². The second-order valence-corrected chi connectivity index (χ2v) is 3.94.